The molecule has 1 atom stereocenters. The molecule has 2 rings (SSSR count). The van der Waals surface area contributed by atoms with E-state index >= 15 is 0 Å². The van der Waals surface area contributed by atoms with Crippen molar-refractivity contribution in [2.75, 3.05) is 25.0 Å². The van der Waals surface area contributed by atoms with E-state index in [-0.39, 0.29) is 11.9 Å². The summed E-state index contributed by atoms with van der Waals surface area (Å²) in [5.41, 5.74) is 14.6. The molecule has 0 saturated heterocycles. The molecule has 1 heterocycles. The SMILES string of the molecule is CNCc1ccc2c(c1)CC(=O)N2CC(N)CN. The molecule has 1 aliphatic heterocycles. The molecule has 1 amide bonds. The fourth-order valence-corrected chi connectivity index (χ4v) is 2.26. The Bertz CT molecular complexity index is 447. The van der Waals surface area contributed by atoms with Gasteiger partial charge < -0.3 is 21.7 Å². The second-order valence-electron chi connectivity index (χ2n) is 4.67. The van der Waals surface area contributed by atoms with Crippen LogP contribution in [0.2, 0.25) is 0 Å². The zero-order chi connectivity index (χ0) is 13.1. The van der Waals surface area contributed by atoms with Crippen molar-refractivity contribution in [1.29, 1.82) is 0 Å². The average molecular weight is 248 g/mol. The Morgan fingerprint density at radius 1 is 1.50 bits per heavy atom. The number of hydrogen-bond acceptors (Lipinski definition) is 4. The van der Waals surface area contributed by atoms with E-state index in [1.165, 1.54) is 5.56 Å². The molecule has 0 saturated carbocycles. The van der Waals surface area contributed by atoms with Gasteiger partial charge in [0, 0.05) is 31.4 Å². The molecule has 1 aromatic rings. The lowest BCUT2D eigenvalue weighted by Crippen LogP contribution is -2.43. The molecule has 0 aliphatic carbocycles. The number of carbonyl (C=O) groups is 1. The molecule has 98 valence electrons. The van der Waals surface area contributed by atoms with E-state index in [0.29, 0.717) is 19.5 Å². The number of amides is 1. The summed E-state index contributed by atoms with van der Waals surface area (Å²) in [4.78, 5) is 13.7. The van der Waals surface area contributed by atoms with Gasteiger partial charge in [0.2, 0.25) is 5.91 Å². The van der Waals surface area contributed by atoms with Gasteiger partial charge in [0.05, 0.1) is 6.42 Å². The highest BCUT2D eigenvalue weighted by Crippen LogP contribution is 2.29. The maximum atomic E-state index is 12.0. The number of nitrogens with zero attached hydrogens (tertiary/aromatic N) is 1. The predicted molar refractivity (Wildman–Crippen MR) is 72.3 cm³/mol. The summed E-state index contributed by atoms with van der Waals surface area (Å²) in [6.45, 7) is 1.69. The van der Waals surface area contributed by atoms with Crippen LogP contribution >= 0.6 is 0 Å². The Kier molecular flexibility index (Phi) is 3.96. The third kappa shape index (κ3) is 2.53. The number of fused-ring (bicyclic) bond motifs is 1. The fourth-order valence-electron chi connectivity index (χ4n) is 2.26. The summed E-state index contributed by atoms with van der Waals surface area (Å²) < 4.78 is 0. The van der Waals surface area contributed by atoms with Crippen molar-refractivity contribution >= 4 is 11.6 Å². The number of anilines is 1. The van der Waals surface area contributed by atoms with Gasteiger partial charge in [-0.1, -0.05) is 12.1 Å². The van der Waals surface area contributed by atoms with E-state index in [4.69, 9.17) is 11.5 Å². The van der Waals surface area contributed by atoms with Crippen LogP contribution in [0, 0.1) is 0 Å². The van der Waals surface area contributed by atoms with E-state index in [9.17, 15) is 4.79 Å². The van der Waals surface area contributed by atoms with Gasteiger partial charge in [0.25, 0.3) is 0 Å². The van der Waals surface area contributed by atoms with Gasteiger partial charge in [-0.25, -0.2) is 0 Å². The Balaban J connectivity index is 2.21. The molecule has 0 bridgehead atoms. The van der Waals surface area contributed by atoms with Crippen LogP contribution in [0.25, 0.3) is 0 Å². The van der Waals surface area contributed by atoms with Crippen molar-refractivity contribution in [2.45, 2.75) is 19.0 Å². The normalized spacial score (nSPS) is 15.9. The van der Waals surface area contributed by atoms with E-state index in [0.717, 1.165) is 17.8 Å². The molecule has 0 fully saturated rings. The number of carbonyl (C=O) groups excluding carboxylic acids is 1. The molecular formula is C13H20N4O. The van der Waals surface area contributed by atoms with Crippen LogP contribution in [0.4, 0.5) is 5.69 Å². The largest absolute Gasteiger partial charge is 0.329 e. The van der Waals surface area contributed by atoms with Crippen molar-refractivity contribution in [2.24, 2.45) is 11.5 Å². The van der Waals surface area contributed by atoms with Gasteiger partial charge in [-0.2, -0.15) is 0 Å². The molecule has 1 aliphatic rings. The third-order valence-electron chi connectivity index (χ3n) is 3.18. The summed E-state index contributed by atoms with van der Waals surface area (Å²) in [7, 11) is 1.91. The van der Waals surface area contributed by atoms with E-state index in [2.05, 4.69) is 11.4 Å². The van der Waals surface area contributed by atoms with Gasteiger partial charge in [0.1, 0.15) is 0 Å². The molecule has 0 radical (unpaired) electrons. The minimum Gasteiger partial charge on any atom is -0.329 e. The van der Waals surface area contributed by atoms with Crippen LogP contribution < -0.4 is 21.7 Å². The zero-order valence-electron chi connectivity index (χ0n) is 10.6. The highest BCUT2D eigenvalue weighted by molar-refractivity contribution is 6.01. The molecule has 5 N–H and O–H groups in total. The lowest BCUT2D eigenvalue weighted by molar-refractivity contribution is -0.117. The van der Waals surface area contributed by atoms with Crippen LogP contribution in [0.1, 0.15) is 11.1 Å². The summed E-state index contributed by atoms with van der Waals surface area (Å²) in [5, 5.41) is 3.10. The molecule has 1 unspecified atom stereocenters. The minimum atomic E-state index is -0.170. The molecule has 18 heavy (non-hydrogen) atoms. The summed E-state index contributed by atoms with van der Waals surface area (Å²) in [6.07, 6.45) is 0.462. The van der Waals surface area contributed by atoms with Crippen molar-refractivity contribution < 1.29 is 4.79 Å². The average Bonchev–Trinajstić information content (AvgIpc) is 2.65. The van der Waals surface area contributed by atoms with Crippen LogP contribution in [-0.4, -0.2) is 32.1 Å². The van der Waals surface area contributed by atoms with Gasteiger partial charge in [-0.15, -0.1) is 0 Å². The quantitative estimate of drug-likeness (QED) is 0.661. The van der Waals surface area contributed by atoms with E-state index < -0.39 is 0 Å². The standard InChI is InChI=1S/C13H20N4O/c1-16-7-9-2-3-12-10(4-9)5-13(18)17(12)8-11(15)6-14/h2-4,11,16H,5-8,14-15H2,1H3. The Morgan fingerprint density at radius 2 is 2.28 bits per heavy atom. The molecule has 1 aromatic carbocycles. The van der Waals surface area contributed by atoms with Gasteiger partial charge in [0.15, 0.2) is 0 Å². The summed E-state index contributed by atoms with van der Waals surface area (Å²) in [6, 6.07) is 5.94. The summed E-state index contributed by atoms with van der Waals surface area (Å²) >= 11 is 0. The number of rotatable bonds is 5. The highest BCUT2D eigenvalue weighted by Gasteiger charge is 2.28. The molecule has 0 aromatic heterocycles. The van der Waals surface area contributed by atoms with E-state index in [1.54, 1.807) is 4.90 Å². The monoisotopic (exact) mass is 248 g/mol. The molecule has 5 heteroatoms. The second-order valence-corrected chi connectivity index (χ2v) is 4.67. The number of benzene rings is 1. The molecular weight excluding hydrogens is 228 g/mol. The summed E-state index contributed by atoms with van der Waals surface area (Å²) in [5.74, 6) is 0.107. The third-order valence-corrected chi connectivity index (χ3v) is 3.18. The topological polar surface area (TPSA) is 84.4 Å². The number of nitrogens with two attached hydrogens (primary N) is 2. The Morgan fingerprint density at radius 3 is 2.94 bits per heavy atom. The van der Waals surface area contributed by atoms with Crippen LogP contribution in [0.3, 0.4) is 0 Å². The first-order valence-corrected chi connectivity index (χ1v) is 6.18. The van der Waals surface area contributed by atoms with Crippen LogP contribution in [0.15, 0.2) is 18.2 Å². The van der Waals surface area contributed by atoms with Crippen LogP contribution in [-0.2, 0) is 17.8 Å². The van der Waals surface area contributed by atoms with Crippen LogP contribution in [0.5, 0.6) is 0 Å². The fraction of sp³-hybridized carbons (Fsp3) is 0.462. The first-order chi connectivity index (χ1) is 8.65. The number of hydrogen-bond donors (Lipinski definition) is 3. The first-order valence-electron chi connectivity index (χ1n) is 6.18. The van der Waals surface area contributed by atoms with Crippen molar-refractivity contribution in [3.05, 3.63) is 29.3 Å². The van der Waals surface area contributed by atoms with Gasteiger partial charge in [-0.3, -0.25) is 4.79 Å². The smallest absolute Gasteiger partial charge is 0.231 e. The van der Waals surface area contributed by atoms with E-state index in [1.807, 2.05) is 19.2 Å². The molecule has 5 nitrogen and oxygen atoms in total. The van der Waals surface area contributed by atoms with Gasteiger partial charge >= 0.3 is 0 Å². The predicted octanol–water partition coefficient (Wildman–Crippen LogP) is -0.419. The van der Waals surface area contributed by atoms with Gasteiger partial charge in [-0.05, 0) is 24.2 Å². The van der Waals surface area contributed by atoms with Crippen molar-refractivity contribution in [1.82, 2.24) is 5.32 Å². The minimum absolute atomic E-state index is 0.107. The highest BCUT2D eigenvalue weighted by atomic mass is 16.2. The lowest BCUT2D eigenvalue weighted by atomic mass is 10.1. The zero-order valence-corrected chi connectivity index (χ0v) is 10.6. The van der Waals surface area contributed by atoms with Crippen molar-refractivity contribution in [3.8, 4) is 0 Å². The van der Waals surface area contributed by atoms with Crippen molar-refractivity contribution in [3.63, 3.8) is 0 Å². The first kappa shape index (κ1) is 13.0. The molecule has 0 spiro atoms. The Labute approximate surface area is 107 Å². The number of nitrogens with one attached hydrogen (secondary N) is 1. The maximum Gasteiger partial charge on any atom is 0.231 e. The lowest BCUT2D eigenvalue weighted by Gasteiger charge is -2.21. The maximum absolute atomic E-state index is 12.0. The Hall–Kier alpha value is -1.43. The second kappa shape index (κ2) is 5.48.